The van der Waals surface area contributed by atoms with Gasteiger partial charge in [0.1, 0.15) is 0 Å². The molecule has 1 fully saturated rings. The first kappa shape index (κ1) is 15.4. The fraction of sp³-hybridized carbons (Fsp3) is 0.929. The maximum absolute atomic E-state index is 12.0. The van der Waals surface area contributed by atoms with E-state index in [0.717, 1.165) is 19.6 Å². The molecule has 1 amide bonds. The number of likely N-dealkylation sites (tertiary alicyclic amines) is 1. The molecule has 3 N–H and O–H groups in total. The highest BCUT2D eigenvalue weighted by molar-refractivity contribution is 5.82. The minimum Gasteiger partial charge on any atom is -0.351 e. The highest BCUT2D eigenvalue weighted by Crippen LogP contribution is 2.17. The molecular weight excluding hydrogens is 226 g/mol. The minimum atomic E-state index is -0.443. The van der Waals surface area contributed by atoms with E-state index in [4.69, 9.17) is 5.73 Å². The zero-order valence-electron chi connectivity index (χ0n) is 12.3. The molecule has 106 valence electrons. The summed E-state index contributed by atoms with van der Waals surface area (Å²) in [5.74, 6) is -0.0352. The minimum absolute atomic E-state index is 0.0352. The number of amides is 1. The lowest BCUT2D eigenvalue weighted by atomic mass is 9.87. The van der Waals surface area contributed by atoms with Gasteiger partial charge in [0.05, 0.1) is 6.04 Å². The molecule has 18 heavy (non-hydrogen) atoms. The van der Waals surface area contributed by atoms with Gasteiger partial charge in [0.25, 0.3) is 0 Å². The topological polar surface area (TPSA) is 58.4 Å². The fourth-order valence-electron chi connectivity index (χ4n) is 2.30. The highest BCUT2D eigenvalue weighted by Gasteiger charge is 2.28. The molecule has 1 heterocycles. The Bertz CT molecular complexity index is 267. The molecule has 0 aromatic rings. The van der Waals surface area contributed by atoms with E-state index in [1.54, 1.807) is 0 Å². The van der Waals surface area contributed by atoms with E-state index in [1.165, 1.54) is 19.3 Å². The van der Waals surface area contributed by atoms with Gasteiger partial charge in [-0.2, -0.15) is 0 Å². The quantitative estimate of drug-likeness (QED) is 0.797. The predicted molar refractivity (Wildman–Crippen MR) is 75.3 cm³/mol. The van der Waals surface area contributed by atoms with Gasteiger partial charge in [0.15, 0.2) is 0 Å². The first-order valence-electron chi connectivity index (χ1n) is 7.09. The Labute approximate surface area is 111 Å². The second kappa shape index (κ2) is 6.53. The summed E-state index contributed by atoms with van der Waals surface area (Å²) in [6.07, 6.45) is 3.90. The van der Waals surface area contributed by atoms with Crippen LogP contribution in [0, 0.1) is 5.41 Å². The maximum atomic E-state index is 12.0. The van der Waals surface area contributed by atoms with Crippen molar-refractivity contribution < 1.29 is 4.79 Å². The molecule has 0 aromatic carbocycles. The van der Waals surface area contributed by atoms with Crippen LogP contribution in [-0.2, 0) is 4.79 Å². The average Bonchev–Trinajstić information content (AvgIpc) is 2.27. The van der Waals surface area contributed by atoms with Crippen LogP contribution in [0.1, 0.15) is 47.0 Å². The molecule has 1 aliphatic heterocycles. The molecule has 0 spiro atoms. The van der Waals surface area contributed by atoms with Crippen molar-refractivity contribution in [2.75, 3.05) is 19.6 Å². The Hall–Kier alpha value is -0.610. The number of piperidine rings is 1. The van der Waals surface area contributed by atoms with Gasteiger partial charge in [-0.15, -0.1) is 0 Å². The summed E-state index contributed by atoms with van der Waals surface area (Å²) in [5.41, 5.74) is 5.76. The monoisotopic (exact) mass is 255 g/mol. The molecule has 2 atom stereocenters. The van der Waals surface area contributed by atoms with Gasteiger partial charge in [0.2, 0.25) is 5.91 Å². The Morgan fingerprint density at radius 2 is 1.83 bits per heavy atom. The summed E-state index contributed by atoms with van der Waals surface area (Å²) in [6, 6.07) is -0.273. The average molecular weight is 255 g/mol. The van der Waals surface area contributed by atoms with Gasteiger partial charge in [0, 0.05) is 12.6 Å². The van der Waals surface area contributed by atoms with E-state index < -0.39 is 6.04 Å². The van der Waals surface area contributed by atoms with Crippen molar-refractivity contribution in [3.8, 4) is 0 Å². The molecule has 4 heteroatoms. The van der Waals surface area contributed by atoms with E-state index >= 15 is 0 Å². The van der Waals surface area contributed by atoms with E-state index in [2.05, 4.69) is 17.1 Å². The van der Waals surface area contributed by atoms with Gasteiger partial charge in [-0.3, -0.25) is 4.79 Å². The molecule has 0 aromatic heterocycles. The zero-order chi connectivity index (χ0) is 13.8. The van der Waals surface area contributed by atoms with Gasteiger partial charge < -0.3 is 16.0 Å². The molecule has 0 radical (unpaired) electrons. The van der Waals surface area contributed by atoms with Gasteiger partial charge in [-0.1, -0.05) is 27.2 Å². The van der Waals surface area contributed by atoms with Crippen LogP contribution in [0.15, 0.2) is 0 Å². The van der Waals surface area contributed by atoms with Crippen LogP contribution in [0.2, 0.25) is 0 Å². The number of nitrogens with zero attached hydrogens (tertiary/aromatic N) is 1. The second-order valence-corrected chi connectivity index (χ2v) is 6.61. The van der Waals surface area contributed by atoms with Crippen molar-refractivity contribution in [2.45, 2.75) is 59.0 Å². The Morgan fingerprint density at radius 1 is 1.28 bits per heavy atom. The van der Waals surface area contributed by atoms with Crippen molar-refractivity contribution in [1.82, 2.24) is 10.2 Å². The van der Waals surface area contributed by atoms with E-state index in [9.17, 15) is 4.79 Å². The lowest BCUT2D eigenvalue weighted by molar-refractivity contribution is -0.125. The Morgan fingerprint density at radius 3 is 2.33 bits per heavy atom. The highest BCUT2D eigenvalue weighted by atomic mass is 16.2. The van der Waals surface area contributed by atoms with Crippen LogP contribution in [0.25, 0.3) is 0 Å². The molecular formula is C14H29N3O. The number of carbonyl (C=O) groups excluding carboxylic acids is 1. The standard InChI is InChI=1S/C14H29N3O/c1-11(10-17-8-6-5-7-9-17)16-13(18)12(15)14(2,3)4/h11-12H,5-10,15H2,1-4H3,(H,16,18)/t11?,12-/m0/s1. The summed E-state index contributed by atoms with van der Waals surface area (Å²) in [6.45, 7) is 11.3. The van der Waals surface area contributed by atoms with Crippen molar-refractivity contribution >= 4 is 5.91 Å². The third-order valence-electron chi connectivity index (χ3n) is 3.58. The molecule has 0 aliphatic carbocycles. The summed E-state index contributed by atoms with van der Waals surface area (Å²) in [7, 11) is 0. The van der Waals surface area contributed by atoms with Crippen molar-refractivity contribution in [2.24, 2.45) is 11.1 Å². The van der Waals surface area contributed by atoms with Crippen molar-refractivity contribution in [1.29, 1.82) is 0 Å². The normalized spacial score (nSPS) is 21.4. The number of nitrogens with one attached hydrogen (secondary N) is 1. The van der Waals surface area contributed by atoms with E-state index in [0.29, 0.717) is 0 Å². The van der Waals surface area contributed by atoms with Crippen LogP contribution in [0.4, 0.5) is 0 Å². The summed E-state index contributed by atoms with van der Waals surface area (Å²) in [4.78, 5) is 14.4. The van der Waals surface area contributed by atoms with Crippen molar-refractivity contribution in [3.63, 3.8) is 0 Å². The van der Waals surface area contributed by atoms with Crippen LogP contribution in [-0.4, -0.2) is 42.5 Å². The first-order valence-corrected chi connectivity index (χ1v) is 7.09. The summed E-state index contributed by atoms with van der Waals surface area (Å²) >= 11 is 0. The number of nitrogens with two attached hydrogens (primary N) is 1. The Kier molecular flexibility index (Phi) is 5.60. The van der Waals surface area contributed by atoms with Crippen LogP contribution < -0.4 is 11.1 Å². The molecule has 4 nitrogen and oxygen atoms in total. The van der Waals surface area contributed by atoms with Gasteiger partial charge in [-0.25, -0.2) is 0 Å². The zero-order valence-corrected chi connectivity index (χ0v) is 12.3. The maximum Gasteiger partial charge on any atom is 0.237 e. The van der Waals surface area contributed by atoms with E-state index in [1.807, 2.05) is 20.8 Å². The van der Waals surface area contributed by atoms with Gasteiger partial charge in [-0.05, 0) is 38.3 Å². The molecule has 1 aliphatic rings. The lowest BCUT2D eigenvalue weighted by Crippen LogP contribution is -2.53. The van der Waals surface area contributed by atoms with Gasteiger partial charge >= 0.3 is 0 Å². The van der Waals surface area contributed by atoms with Crippen LogP contribution >= 0.6 is 0 Å². The largest absolute Gasteiger partial charge is 0.351 e. The molecule has 0 bridgehead atoms. The first-order chi connectivity index (χ1) is 8.30. The van der Waals surface area contributed by atoms with E-state index in [-0.39, 0.29) is 17.4 Å². The number of hydrogen-bond acceptors (Lipinski definition) is 3. The second-order valence-electron chi connectivity index (χ2n) is 6.61. The molecule has 1 rings (SSSR count). The summed E-state index contributed by atoms with van der Waals surface area (Å²) in [5, 5.41) is 3.03. The third-order valence-corrected chi connectivity index (χ3v) is 3.58. The molecule has 0 saturated carbocycles. The van der Waals surface area contributed by atoms with Crippen LogP contribution in [0.5, 0.6) is 0 Å². The number of hydrogen-bond donors (Lipinski definition) is 2. The fourth-order valence-corrected chi connectivity index (χ4v) is 2.30. The third kappa shape index (κ3) is 4.94. The SMILES string of the molecule is CC(CN1CCCCC1)NC(=O)[C@H](N)C(C)(C)C. The number of carbonyl (C=O) groups is 1. The van der Waals surface area contributed by atoms with Crippen LogP contribution in [0.3, 0.4) is 0 Å². The number of rotatable bonds is 4. The smallest absolute Gasteiger partial charge is 0.237 e. The lowest BCUT2D eigenvalue weighted by Gasteiger charge is -2.31. The molecule has 1 saturated heterocycles. The predicted octanol–water partition coefficient (Wildman–Crippen LogP) is 1.35. The summed E-state index contributed by atoms with van der Waals surface area (Å²) < 4.78 is 0. The Balaban J connectivity index is 2.34. The molecule has 1 unspecified atom stereocenters. The van der Waals surface area contributed by atoms with Crippen molar-refractivity contribution in [3.05, 3.63) is 0 Å².